The Morgan fingerprint density at radius 1 is 1.40 bits per heavy atom. The number of rotatable bonds is 5. The molecule has 1 atom stereocenters. The molecule has 5 heteroatoms. The summed E-state index contributed by atoms with van der Waals surface area (Å²) >= 11 is 0. The maximum absolute atomic E-state index is 11.4. The van der Waals surface area contributed by atoms with E-state index in [1.807, 2.05) is 0 Å². The van der Waals surface area contributed by atoms with E-state index in [2.05, 4.69) is 36.1 Å². The number of carbonyl (C=O) groups is 1. The highest BCUT2D eigenvalue weighted by molar-refractivity contribution is 5.71. The molecule has 1 aromatic heterocycles. The van der Waals surface area contributed by atoms with Gasteiger partial charge in [-0.2, -0.15) is 0 Å². The van der Waals surface area contributed by atoms with Gasteiger partial charge in [-0.05, 0) is 31.1 Å². The Kier molecular flexibility index (Phi) is 4.26. The molecular formula is C15H23N3O2. The van der Waals surface area contributed by atoms with Gasteiger partial charge >= 0.3 is 5.97 Å². The van der Waals surface area contributed by atoms with Crippen LogP contribution in [0.2, 0.25) is 0 Å². The lowest BCUT2D eigenvalue weighted by atomic mass is 9.84. The van der Waals surface area contributed by atoms with Gasteiger partial charge in [0.05, 0.1) is 5.92 Å². The molecule has 0 aromatic carbocycles. The standard InChI is InChI=1S/C15H23N3O2/c1-15(2,3)7-10(14(19)20)8-16-13-11-5-4-6-12(11)17-9-18-13/h9-10H,4-8H2,1-3H3,(H,19,20)(H,16,17,18). The highest BCUT2D eigenvalue weighted by Gasteiger charge is 2.25. The van der Waals surface area contributed by atoms with E-state index < -0.39 is 11.9 Å². The number of anilines is 1. The normalized spacial score (nSPS) is 15.8. The quantitative estimate of drug-likeness (QED) is 0.865. The molecule has 0 spiro atoms. The number of hydrogen-bond acceptors (Lipinski definition) is 4. The second-order valence-corrected chi connectivity index (χ2v) is 6.68. The van der Waals surface area contributed by atoms with Crippen molar-refractivity contribution in [2.45, 2.75) is 46.5 Å². The fourth-order valence-corrected chi connectivity index (χ4v) is 2.72. The van der Waals surface area contributed by atoms with Crippen molar-refractivity contribution in [2.75, 3.05) is 11.9 Å². The van der Waals surface area contributed by atoms with Crippen molar-refractivity contribution in [3.8, 4) is 0 Å². The third-order valence-electron chi connectivity index (χ3n) is 3.60. The molecule has 2 N–H and O–H groups in total. The molecule has 0 amide bonds. The third kappa shape index (κ3) is 3.68. The van der Waals surface area contributed by atoms with Gasteiger partial charge in [-0.3, -0.25) is 4.79 Å². The first-order valence-electron chi connectivity index (χ1n) is 7.16. The Bertz CT molecular complexity index is 494. The van der Waals surface area contributed by atoms with E-state index in [1.165, 1.54) is 0 Å². The minimum Gasteiger partial charge on any atom is -0.481 e. The van der Waals surface area contributed by atoms with Crippen molar-refractivity contribution in [2.24, 2.45) is 11.3 Å². The van der Waals surface area contributed by atoms with Crippen LogP contribution in [0.25, 0.3) is 0 Å². The summed E-state index contributed by atoms with van der Waals surface area (Å²) in [5.74, 6) is -0.340. The van der Waals surface area contributed by atoms with Crippen molar-refractivity contribution in [1.29, 1.82) is 0 Å². The lowest BCUT2D eigenvalue weighted by Crippen LogP contribution is -2.28. The largest absolute Gasteiger partial charge is 0.481 e. The predicted octanol–water partition coefficient (Wildman–Crippen LogP) is 2.51. The molecule has 0 saturated carbocycles. The summed E-state index contributed by atoms with van der Waals surface area (Å²) < 4.78 is 0. The van der Waals surface area contributed by atoms with Crippen LogP contribution in [-0.2, 0) is 17.6 Å². The molecular weight excluding hydrogens is 254 g/mol. The summed E-state index contributed by atoms with van der Waals surface area (Å²) in [6.45, 7) is 6.60. The molecule has 1 heterocycles. The molecule has 0 radical (unpaired) electrons. The van der Waals surface area contributed by atoms with Crippen molar-refractivity contribution in [3.63, 3.8) is 0 Å². The molecule has 0 aliphatic heterocycles. The van der Waals surface area contributed by atoms with Gasteiger partial charge in [0.15, 0.2) is 0 Å². The van der Waals surface area contributed by atoms with Crippen molar-refractivity contribution < 1.29 is 9.90 Å². The van der Waals surface area contributed by atoms with Crippen LogP contribution in [0, 0.1) is 11.3 Å². The Balaban J connectivity index is 2.03. The zero-order valence-corrected chi connectivity index (χ0v) is 12.4. The molecule has 1 unspecified atom stereocenters. The fraction of sp³-hybridized carbons (Fsp3) is 0.667. The number of hydrogen-bond donors (Lipinski definition) is 2. The number of aromatic nitrogens is 2. The van der Waals surface area contributed by atoms with E-state index in [9.17, 15) is 9.90 Å². The molecule has 5 nitrogen and oxygen atoms in total. The number of carboxylic acid groups (broad SMARTS) is 1. The monoisotopic (exact) mass is 277 g/mol. The van der Waals surface area contributed by atoms with Crippen molar-refractivity contribution in [1.82, 2.24) is 9.97 Å². The summed E-state index contributed by atoms with van der Waals surface area (Å²) in [6.07, 6.45) is 5.29. The third-order valence-corrected chi connectivity index (χ3v) is 3.60. The second kappa shape index (κ2) is 5.77. The maximum Gasteiger partial charge on any atom is 0.308 e. The van der Waals surface area contributed by atoms with Gasteiger partial charge in [-0.25, -0.2) is 9.97 Å². The zero-order chi connectivity index (χ0) is 14.8. The summed E-state index contributed by atoms with van der Waals surface area (Å²) in [4.78, 5) is 19.9. The fourth-order valence-electron chi connectivity index (χ4n) is 2.72. The van der Waals surface area contributed by atoms with Crippen molar-refractivity contribution >= 4 is 11.8 Å². The minimum atomic E-state index is -0.752. The number of carboxylic acids is 1. The number of aryl methyl sites for hydroxylation is 1. The minimum absolute atomic E-state index is 0.00163. The van der Waals surface area contributed by atoms with Gasteiger partial charge in [-0.1, -0.05) is 20.8 Å². The zero-order valence-electron chi connectivity index (χ0n) is 12.4. The SMILES string of the molecule is CC(C)(C)CC(CNc1ncnc2c1CCC2)C(=O)O. The number of fused-ring (bicyclic) bond motifs is 1. The van der Waals surface area contributed by atoms with E-state index in [0.717, 1.165) is 36.3 Å². The van der Waals surface area contributed by atoms with Gasteiger partial charge in [0.1, 0.15) is 12.1 Å². The van der Waals surface area contributed by atoms with Crippen LogP contribution in [0.4, 0.5) is 5.82 Å². The second-order valence-electron chi connectivity index (χ2n) is 6.68. The lowest BCUT2D eigenvalue weighted by molar-refractivity contribution is -0.142. The van der Waals surface area contributed by atoms with Crippen LogP contribution in [0.3, 0.4) is 0 Å². The highest BCUT2D eigenvalue weighted by Crippen LogP contribution is 2.27. The Labute approximate surface area is 119 Å². The van der Waals surface area contributed by atoms with Crippen LogP contribution in [0.1, 0.15) is 44.9 Å². The van der Waals surface area contributed by atoms with Crippen LogP contribution in [-0.4, -0.2) is 27.6 Å². The van der Waals surface area contributed by atoms with Gasteiger partial charge in [0, 0.05) is 17.8 Å². The smallest absolute Gasteiger partial charge is 0.308 e. The molecule has 0 bridgehead atoms. The predicted molar refractivity (Wildman–Crippen MR) is 77.7 cm³/mol. The maximum atomic E-state index is 11.4. The average Bonchev–Trinajstić information content (AvgIpc) is 2.81. The van der Waals surface area contributed by atoms with Crippen LogP contribution < -0.4 is 5.32 Å². The van der Waals surface area contributed by atoms with Gasteiger partial charge in [-0.15, -0.1) is 0 Å². The summed E-state index contributed by atoms with van der Waals surface area (Å²) in [6, 6.07) is 0. The first kappa shape index (κ1) is 14.8. The van der Waals surface area contributed by atoms with E-state index in [-0.39, 0.29) is 5.41 Å². The number of nitrogens with zero attached hydrogens (tertiary/aromatic N) is 2. The number of aliphatic carboxylic acids is 1. The highest BCUT2D eigenvalue weighted by atomic mass is 16.4. The summed E-state index contributed by atoms with van der Waals surface area (Å²) in [5, 5.41) is 12.6. The van der Waals surface area contributed by atoms with Crippen LogP contribution in [0.15, 0.2) is 6.33 Å². The molecule has 1 aromatic rings. The first-order chi connectivity index (χ1) is 9.37. The van der Waals surface area contributed by atoms with Crippen molar-refractivity contribution in [3.05, 3.63) is 17.6 Å². The van der Waals surface area contributed by atoms with Crippen LogP contribution >= 0.6 is 0 Å². The molecule has 1 aliphatic rings. The summed E-state index contributed by atoms with van der Waals surface area (Å²) in [7, 11) is 0. The Morgan fingerprint density at radius 2 is 2.15 bits per heavy atom. The molecule has 2 rings (SSSR count). The number of nitrogens with one attached hydrogen (secondary N) is 1. The van der Waals surface area contributed by atoms with Gasteiger partial charge in [0.2, 0.25) is 0 Å². The van der Waals surface area contributed by atoms with E-state index in [1.54, 1.807) is 6.33 Å². The lowest BCUT2D eigenvalue weighted by Gasteiger charge is -2.23. The molecule has 110 valence electrons. The molecule has 1 aliphatic carbocycles. The Hall–Kier alpha value is -1.65. The van der Waals surface area contributed by atoms with Gasteiger partial charge < -0.3 is 10.4 Å². The average molecular weight is 277 g/mol. The van der Waals surface area contributed by atoms with E-state index in [4.69, 9.17) is 0 Å². The topological polar surface area (TPSA) is 75.1 Å². The van der Waals surface area contributed by atoms with Gasteiger partial charge in [0.25, 0.3) is 0 Å². The molecule has 0 fully saturated rings. The summed E-state index contributed by atoms with van der Waals surface area (Å²) in [5.41, 5.74) is 2.26. The molecule has 0 saturated heterocycles. The first-order valence-corrected chi connectivity index (χ1v) is 7.16. The Morgan fingerprint density at radius 3 is 2.80 bits per heavy atom. The van der Waals surface area contributed by atoms with Crippen LogP contribution in [0.5, 0.6) is 0 Å². The van der Waals surface area contributed by atoms with E-state index >= 15 is 0 Å². The molecule has 20 heavy (non-hydrogen) atoms. The van der Waals surface area contributed by atoms with E-state index in [0.29, 0.717) is 13.0 Å².